The van der Waals surface area contributed by atoms with E-state index < -0.39 is 5.82 Å². The molecule has 0 aliphatic carbocycles. The summed E-state index contributed by atoms with van der Waals surface area (Å²) in [6, 6.07) is 7.55. The second-order valence-electron chi connectivity index (χ2n) is 3.41. The fourth-order valence-corrected chi connectivity index (χ4v) is 1.66. The average molecular weight is 296 g/mol. The topological polar surface area (TPSA) is 12.9 Å². The van der Waals surface area contributed by atoms with E-state index in [1.165, 1.54) is 12.1 Å². The summed E-state index contributed by atoms with van der Waals surface area (Å²) in [6.45, 7) is 0. The van der Waals surface area contributed by atoms with Crippen LogP contribution in [0.15, 0.2) is 41.1 Å². The molecule has 0 spiro atoms. The highest BCUT2D eigenvalue weighted by molar-refractivity contribution is 9.10. The van der Waals surface area contributed by atoms with Gasteiger partial charge in [0.1, 0.15) is 16.2 Å². The summed E-state index contributed by atoms with van der Waals surface area (Å²) in [4.78, 5) is 3.76. The van der Waals surface area contributed by atoms with Gasteiger partial charge < -0.3 is 0 Å². The van der Waals surface area contributed by atoms with Crippen LogP contribution in [-0.4, -0.2) is 4.98 Å². The lowest BCUT2D eigenvalue weighted by molar-refractivity contribution is 0.618. The van der Waals surface area contributed by atoms with E-state index in [4.69, 9.17) is 0 Å². The van der Waals surface area contributed by atoms with Gasteiger partial charge in [-0.15, -0.1) is 0 Å². The van der Waals surface area contributed by atoms with E-state index in [2.05, 4.69) is 20.9 Å². The predicted octanol–water partition coefficient (Wildman–Crippen LogP) is 4.29. The lowest BCUT2D eigenvalue weighted by Crippen LogP contribution is -1.85. The summed E-state index contributed by atoms with van der Waals surface area (Å²) in [5.41, 5.74) is 1.23. The zero-order chi connectivity index (χ0) is 12.3. The summed E-state index contributed by atoms with van der Waals surface area (Å²) in [5.74, 6) is -0.688. The number of hydrogen-bond acceptors (Lipinski definition) is 1. The molecular weight excluding hydrogens is 288 g/mol. The standard InChI is InChI=1S/C13H8BrF2N/c14-13-7-10(12(16)8-17-13)4-1-9-2-5-11(15)6-3-9/h1-8H/b4-1+. The normalized spacial score (nSPS) is 11.0. The van der Waals surface area contributed by atoms with Gasteiger partial charge in [0, 0.05) is 5.56 Å². The fraction of sp³-hybridized carbons (Fsp3) is 0. The van der Waals surface area contributed by atoms with Crippen molar-refractivity contribution in [2.45, 2.75) is 0 Å². The monoisotopic (exact) mass is 295 g/mol. The molecule has 17 heavy (non-hydrogen) atoms. The van der Waals surface area contributed by atoms with Crippen LogP contribution in [-0.2, 0) is 0 Å². The fourth-order valence-electron chi connectivity index (χ4n) is 1.32. The highest BCUT2D eigenvalue weighted by Crippen LogP contribution is 2.15. The van der Waals surface area contributed by atoms with Crippen LogP contribution in [0, 0.1) is 11.6 Å². The summed E-state index contributed by atoms with van der Waals surface area (Å²) < 4.78 is 26.6. The quantitative estimate of drug-likeness (QED) is 0.753. The van der Waals surface area contributed by atoms with Crippen molar-refractivity contribution in [3.05, 3.63) is 63.9 Å². The van der Waals surface area contributed by atoms with Crippen molar-refractivity contribution in [3.63, 3.8) is 0 Å². The average Bonchev–Trinajstić information content (AvgIpc) is 2.32. The molecule has 1 aromatic carbocycles. The van der Waals surface area contributed by atoms with Crippen LogP contribution in [0.2, 0.25) is 0 Å². The minimum absolute atomic E-state index is 0.292. The van der Waals surface area contributed by atoms with Crippen LogP contribution in [0.4, 0.5) is 8.78 Å². The lowest BCUT2D eigenvalue weighted by atomic mass is 10.1. The Morgan fingerprint density at radius 2 is 1.76 bits per heavy atom. The number of pyridine rings is 1. The molecule has 0 unspecified atom stereocenters. The minimum atomic E-state index is -0.397. The number of nitrogens with zero attached hydrogens (tertiary/aromatic N) is 1. The summed E-state index contributed by atoms with van der Waals surface area (Å²) in [6.07, 6.45) is 4.48. The molecule has 0 aliphatic rings. The van der Waals surface area contributed by atoms with Gasteiger partial charge in [0.15, 0.2) is 0 Å². The van der Waals surface area contributed by atoms with Crippen molar-refractivity contribution < 1.29 is 8.78 Å². The lowest BCUT2D eigenvalue weighted by Gasteiger charge is -1.97. The summed E-state index contributed by atoms with van der Waals surface area (Å²) >= 11 is 3.17. The van der Waals surface area contributed by atoms with Crippen LogP contribution in [0.1, 0.15) is 11.1 Å². The van der Waals surface area contributed by atoms with Crippen LogP contribution >= 0.6 is 15.9 Å². The molecule has 0 fully saturated rings. The smallest absolute Gasteiger partial charge is 0.148 e. The van der Waals surface area contributed by atoms with Gasteiger partial charge in [-0.25, -0.2) is 13.8 Å². The third-order valence-corrected chi connectivity index (χ3v) is 2.61. The first kappa shape index (κ1) is 11.9. The van der Waals surface area contributed by atoms with Gasteiger partial charge in [-0.05, 0) is 39.7 Å². The molecule has 4 heteroatoms. The Morgan fingerprint density at radius 1 is 1.06 bits per heavy atom. The Labute approximate surface area is 106 Å². The third kappa shape index (κ3) is 3.20. The maximum atomic E-state index is 13.3. The number of benzene rings is 1. The molecule has 2 rings (SSSR count). The Morgan fingerprint density at radius 3 is 2.47 bits per heavy atom. The molecule has 0 radical (unpaired) electrons. The van der Waals surface area contributed by atoms with Gasteiger partial charge in [0.2, 0.25) is 0 Å². The molecule has 0 aliphatic heterocycles. The Bertz CT molecular complexity index is 550. The zero-order valence-corrected chi connectivity index (χ0v) is 10.3. The number of hydrogen-bond donors (Lipinski definition) is 0. The van der Waals surface area contributed by atoms with Crippen LogP contribution in [0.5, 0.6) is 0 Å². The van der Waals surface area contributed by atoms with E-state index >= 15 is 0 Å². The first-order valence-electron chi connectivity index (χ1n) is 4.90. The van der Waals surface area contributed by atoms with Gasteiger partial charge in [0.05, 0.1) is 6.20 Å². The second-order valence-corrected chi connectivity index (χ2v) is 4.23. The molecule has 0 bridgehead atoms. The van der Waals surface area contributed by atoms with E-state index in [-0.39, 0.29) is 5.82 Å². The molecule has 1 aromatic heterocycles. The number of halogens is 3. The van der Waals surface area contributed by atoms with E-state index in [0.717, 1.165) is 11.8 Å². The minimum Gasteiger partial charge on any atom is -0.246 e. The molecule has 86 valence electrons. The maximum absolute atomic E-state index is 13.3. The van der Waals surface area contributed by atoms with Gasteiger partial charge in [0.25, 0.3) is 0 Å². The molecule has 0 saturated carbocycles. The highest BCUT2D eigenvalue weighted by Gasteiger charge is 1.99. The summed E-state index contributed by atoms with van der Waals surface area (Å²) in [5, 5.41) is 0. The van der Waals surface area contributed by atoms with Crippen LogP contribution in [0.25, 0.3) is 12.2 Å². The van der Waals surface area contributed by atoms with Crippen LogP contribution < -0.4 is 0 Å². The van der Waals surface area contributed by atoms with Crippen molar-refractivity contribution in [1.82, 2.24) is 4.98 Å². The third-order valence-electron chi connectivity index (χ3n) is 2.18. The first-order valence-corrected chi connectivity index (χ1v) is 5.69. The van der Waals surface area contributed by atoms with Gasteiger partial charge in [-0.1, -0.05) is 24.3 Å². The van der Waals surface area contributed by atoms with Gasteiger partial charge >= 0.3 is 0 Å². The second kappa shape index (κ2) is 5.19. The van der Waals surface area contributed by atoms with Crippen molar-refractivity contribution in [2.24, 2.45) is 0 Å². The van der Waals surface area contributed by atoms with Gasteiger partial charge in [-0.2, -0.15) is 0 Å². The number of aromatic nitrogens is 1. The highest BCUT2D eigenvalue weighted by atomic mass is 79.9. The maximum Gasteiger partial charge on any atom is 0.148 e. The Kier molecular flexibility index (Phi) is 3.64. The Hall–Kier alpha value is -1.55. The molecule has 1 nitrogen and oxygen atoms in total. The number of rotatable bonds is 2. The van der Waals surface area contributed by atoms with E-state index in [1.54, 1.807) is 30.4 Å². The van der Waals surface area contributed by atoms with E-state index in [9.17, 15) is 8.78 Å². The molecule has 1 heterocycles. The molecule has 0 amide bonds. The van der Waals surface area contributed by atoms with E-state index in [1.807, 2.05) is 0 Å². The van der Waals surface area contributed by atoms with Crippen molar-refractivity contribution in [1.29, 1.82) is 0 Å². The zero-order valence-electron chi connectivity index (χ0n) is 8.70. The first-order chi connectivity index (χ1) is 8.15. The summed E-state index contributed by atoms with van der Waals surface area (Å²) in [7, 11) is 0. The molecule has 0 atom stereocenters. The molecule has 2 aromatic rings. The molecule has 0 N–H and O–H groups in total. The van der Waals surface area contributed by atoms with Crippen molar-refractivity contribution in [2.75, 3.05) is 0 Å². The van der Waals surface area contributed by atoms with Gasteiger partial charge in [-0.3, -0.25) is 0 Å². The van der Waals surface area contributed by atoms with Crippen molar-refractivity contribution >= 4 is 28.1 Å². The Balaban J connectivity index is 2.25. The molecule has 0 saturated heterocycles. The predicted molar refractivity (Wildman–Crippen MR) is 67.2 cm³/mol. The largest absolute Gasteiger partial charge is 0.246 e. The SMILES string of the molecule is Fc1ccc(/C=C/c2cc(Br)ncc2F)cc1. The van der Waals surface area contributed by atoms with Crippen molar-refractivity contribution in [3.8, 4) is 0 Å². The van der Waals surface area contributed by atoms with Crippen LogP contribution in [0.3, 0.4) is 0 Å². The molecular formula is C13H8BrF2N. The van der Waals surface area contributed by atoms with E-state index in [0.29, 0.717) is 10.2 Å².